The number of esters is 1. The first-order chi connectivity index (χ1) is 7.54. The number of hydrogen-bond donors (Lipinski definition) is 1. The molecule has 0 amide bonds. The molecule has 0 aromatic heterocycles. The molecule has 1 aromatic carbocycles. The zero-order chi connectivity index (χ0) is 12.1. The number of carbonyl (C=O) groups excluding carboxylic acids is 1. The smallest absolute Gasteiger partial charge is 0.322 e. The van der Waals surface area contributed by atoms with Gasteiger partial charge in [0.15, 0.2) is 0 Å². The number of aryl methyl sites for hydroxylation is 2. The third-order valence-corrected chi connectivity index (χ3v) is 2.65. The molecule has 0 aliphatic carbocycles. The third-order valence-electron chi connectivity index (χ3n) is 2.65. The molecule has 0 saturated carbocycles. The summed E-state index contributed by atoms with van der Waals surface area (Å²) in [6, 6.07) is 6.03. The van der Waals surface area contributed by atoms with E-state index in [-0.39, 0.29) is 12.0 Å². The summed E-state index contributed by atoms with van der Waals surface area (Å²) in [5.74, 6) is -0.232. The largest absolute Gasteiger partial charge is 0.468 e. The first kappa shape index (κ1) is 12.7. The molecule has 0 aliphatic heterocycles. The van der Waals surface area contributed by atoms with Gasteiger partial charge in [-0.05, 0) is 31.9 Å². The van der Waals surface area contributed by atoms with Crippen LogP contribution in [0.4, 0.5) is 0 Å². The average Bonchev–Trinajstić information content (AvgIpc) is 2.26. The van der Waals surface area contributed by atoms with Crippen LogP contribution >= 0.6 is 0 Å². The van der Waals surface area contributed by atoms with Crippen LogP contribution in [0.1, 0.15) is 23.6 Å². The van der Waals surface area contributed by atoms with Gasteiger partial charge in [-0.3, -0.25) is 4.79 Å². The lowest BCUT2D eigenvalue weighted by Crippen LogP contribution is -2.34. The maximum Gasteiger partial charge on any atom is 0.322 e. The Kier molecular flexibility index (Phi) is 4.50. The summed E-state index contributed by atoms with van der Waals surface area (Å²) in [6.45, 7) is 6.63. The Bertz CT molecular complexity index is 374. The molecular weight excluding hydrogens is 202 g/mol. The number of nitrogens with one attached hydrogen (secondary N) is 1. The second-order valence-corrected chi connectivity index (χ2v) is 4.06. The van der Waals surface area contributed by atoms with Crippen molar-refractivity contribution in [2.24, 2.45) is 0 Å². The Balaban J connectivity index is 2.58. The van der Waals surface area contributed by atoms with Crippen LogP contribution in [0.25, 0.3) is 0 Å². The topological polar surface area (TPSA) is 38.3 Å². The monoisotopic (exact) mass is 221 g/mol. The molecule has 0 saturated heterocycles. The first-order valence-corrected chi connectivity index (χ1v) is 5.42. The highest BCUT2D eigenvalue weighted by molar-refractivity contribution is 5.75. The molecule has 0 unspecified atom stereocenters. The lowest BCUT2D eigenvalue weighted by atomic mass is 10.1. The summed E-state index contributed by atoms with van der Waals surface area (Å²) in [5.41, 5.74) is 3.70. The number of carbonyl (C=O) groups is 1. The summed E-state index contributed by atoms with van der Waals surface area (Å²) in [4.78, 5) is 11.2. The normalized spacial score (nSPS) is 12.2. The van der Waals surface area contributed by atoms with E-state index < -0.39 is 0 Å². The Labute approximate surface area is 96.8 Å². The van der Waals surface area contributed by atoms with Crippen molar-refractivity contribution < 1.29 is 9.53 Å². The molecule has 3 nitrogen and oxygen atoms in total. The van der Waals surface area contributed by atoms with Gasteiger partial charge in [0.25, 0.3) is 0 Å². The number of ether oxygens (including phenoxy) is 1. The predicted octanol–water partition coefficient (Wildman–Crippen LogP) is 1.95. The van der Waals surface area contributed by atoms with E-state index in [1.807, 2.05) is 0 Å². The van der Waals surface area contributed by atoms with Crippen LogP contribution in [0, 0.1) is 13.8 Å². The van der Waals surface area contributed by atoms with Gasteiger partial charge < -0.3 is 10.1 Å². The fraction of sp³-hybridized carbons (Fsp3) is 0.462. The Hall–Kier alpha value is -1.35. The second-order valence-electron chi connectivity index (χ2n) is 4.06. The van der Waals surface area contributed by atoms with E-state index in [0.717, 1.165) is 0 Å². The molecule has 0 spiro atoms. The molecule has 88 valence electrons. The van der Waals surface area contributed by atoms with E-state index in [9.17, 15) is 4.79 Å². The van der Waals surface area contributed by atoms with Crippen molar-refractivity contribution in [3.63, 3.8) is 0 Å². The van der Waals surface area contributed by atoms with E-state index in [2.05, 4.69) is 42.1 Å². The van der Waals surface area contributed by atoms with Gasteiger partial charge in [-0.25, -0.2) is 0 Å². The highest BCUT2D eigenvalue weighted by Gasteiger charge is 2.11. The minimum absolute atomic E-state index is 0.232. The molecule has 0 aliphatic rings. The van der Waals surface area contributed by atoms with Crippen LogP contribution in [-0.4, -0.2) is 19.1 Å². The predicted molar refractivity (Wildman–Crippen MR) is 64.2 cm³/mol. The van der Waals surface area contributed by atoms with Gasteiger partial charge in [0.05, 0.1) is 7.11 Å². The molecule has 0 bridgehead atoms. The molecule has 1 rings (SSSR count). The second kappa shape index (κ2) is 5.66. The standard InChI is InChI=1S/C13H19NO2/c1-9-5-6-12(10(2)7-9)8-14-11(3)13(15)16-4/h5-7,11,14H,8H2,1-4H3/t11-/m0/s1. The molecule has 1 aromatic rings. The minimum Gasteiger partial charge on any atom is -0.468 e. The zero-order valence-electron chi connectivity index (χ0n) is 10.3. The molecule has 0 radical (unpaired) electrons. The van der Waals surface area contributed by atoms with Gasteiger partial charge in [-0.1, -0.05) is 23.8 Å². The van der Waals surface area contributed by atoms with Crippen molar-refractivity contribution >= 4 is 5.97 Å². The molecular formula is C13H19NO2. The third kappa shape index (κ3) is 3.35. The molecule has 16 heavy (non-hydrogen) atoms. The van der Waals surface area contributed by atoms with E-state index in [1.54, 1.807) is 6.92 Å². The highest BCUT2D eigenvalue weighted by atomic mass is 16.5. The summed E-state index contributed by atoms with van der Waals surface area (Å²) in [5, 5.41) is 3.14. The van der Waals surface area contributed by atoms with Gasteiger partial charge >= 0.3 is 5.97 Å². The summed E-state index contributed by atoms with van der Waals surface area (Å²) in [6.07, 6.45) is 0. The number of rotatable bonds is 4. The van der Waals surface area contributed by atoms with E-state index in [0.29, 0.717) is 6.54 Å². The maximum absolute atomic E-state index is 11.2. The lowest BCUT2D eigenvalue weighted by molar-refractivity contribution is -0.142. The molecule has 0 heterocycles. The van der Waals surface area contributed by atoms with Crippen molar-refractivity contribution in [1.82, 2.24) is 5.32 Å². The molecule has 3 heteroatoms. The number of hydrogen-bond acceptors (Lipinski definition) is 3. The maximum atomic E-state index is 11.2. The fourth-order valence-corrected chi connectivity index (χ4v) is 1.57. The summed E-state index contributed by atoms with van der Waals surface area (Å²) >= 11 is 0. The van der Waals surface area contributed by atoms with Crippen LogP contribution in [0.3, 0.4) is 0 Å². The summed E-state index contributed by atoms with van der Waals surface area (Å²) in [7, 11) is 1.40. The van der Waals surface area contributed by atoms with Crippen LogP contribution in [0.2, 0.25) is 0 Å². The van der Waals surface area contributed by atoms with Crippen LogP contribution in [0.15, 0.2) is 18.2 Å². The quantitative estimate of drug-likeness (QED) is 0.790. The Morgan fingerprint density at radius 2 is 2.12 bits per heavy atom. The van der Waals surface area contributed by atoms with Crippen molar-refractivity contribution in [3.8, 4) is 0 Å². The van der Waals surface area contributed by atoms with Crippen molar-refractivity contribution in [2.45, 2.75) is 33.4 Å². The van der Waals surface area contributed by atoms with Gasteiger partial charge in [0, 0.05) is 6.54 Å². The summed E-state index contributed by atoms with van der Waals surface area (Å²) < 4.78 is 4.65. The van der Waals surface area contributed by atoms with Gasteiger partial charge in [0.1, 0.15) is 6.04 Å². The SMILES string of the molecule is COC(=O)[C@H](C)NCc1ccc(C)cc1C. The number of methoxy groups -OCH3 is 1. The Morgan fingerprint density at radius 3 is 2.69 bits per heavy atom. The van der Waals surface area contributed by atoms with Crippen LogP contribution < -0.4 is 5.32 Å². The zero-order valence-corrected chi connectivity index (χ0v) is 10.3. The molecule has 1 N–H and O–H groups in total. The van der Waals surface area contributed by atoms with Gasteiger partial charge in [-0.15, -0.1) is 0 Å². The van der Waals surface area contributed by atoms with Crippen LogP contribution in [-0.2, 0) is 16.1 Å². The Morgan fingerprint density at radius 1 is 1.44 bits per heavy atom. The van der Waals surface area contributed by atoms with Gasteiger partial charge in [0.2, 0.25) is 0 Å². The van der Waals surface area contributed by atoms with Crippen molar-refractivity contribution in [1.29, 1.82) is 0 Å². The molecule has 0 fully saturated rings. The van der Waals surface area contributed by atoms with Crippen molar-refractivity contribution in [3.05, 3.63) is 34.9 Å². The van der Waals surface area contributed by atoms with Crippen LogP contribution in [0.5, 0.6) is 0 Å². The number of benzene rings is 1. The van der Waals surface area contributed by atoms with E-state index >= 15 is 0 Å². The lowest BCUT2D eigenvalue weighted by Gasteiger charge is -2.13. The fourth-order valence-electron chi connectivity index (χ4n) is 1.57. The van der Waals surface area contributed by atoms with Crippen molar-refractivity contribution in [2.75, 3.05) is 7.11 Å². The highest BCUT2D eigenvalue weighted by Crippen LogP contribution is 2.10. The minimum atomic E-state index is -0.272. The van der Waals surface area contributed by atoms with Gasteiger partial charge in [-0.2, -0.15) is 0 Å². The van der Waals surface area contributed by atoms with E-state index in [4.69, 9.17) is 0 Å². The average molecular weight is 221 g/mol. The van der Waals surface area contributed by atoms with E-state index in [1.165, 1.54) is 23.8 Å². The molecule has 1 atom stereocenters. The first-order valence-electron chi connectivity index (χ1n) is 5.42.